The molecule has 4 atom stereocenters. The number of imide groups is 1. The van der Waals surface area contributed by atoms with Gasteiger partial charge in [0.05, 0.1) is 12.0 Å². The molecule has 0 spiro atoms. The molecule has 0 aromatic heterocycles. The molecule has 4 bridgehead atoms. The van der Waals surface area contributed by atoms with E-state index in [1.807, 2.05) is 20.8 Å². The minimum Gasteiger partial charge on any atom is -0.443 e. The maximum Gasteiger partial charge on any atom is 0.417 e. The van der Waals surface area contributed by atoms with Gasteiger partial charge in [0.1, 0.15) is 5.60 Å². The number of nitrogens with zero attached hydrogens (tertiary/aromatic N) is 1. The van der Waals surface area contributed by atoms with Crippen LogP contribution < -0.4 is 0 Å². The number of rotatable bonds is 3. The third kappa shape index (κ3) is 1.80. The molecular formula is C17H25NO3. The van der Waals surface area contributed by atoms with Crippen molar-refractivity contribution in [1.29, 1.82) is 0 Å². The highest BCUT2D eigenvalue weighted by Crippen LogP contribution is 2.73. The van der Waals surface area contributed by atoms with Crippen LogP contribution in [-0.4, -0.2) is 28.5 Å². The van der Waals surface area contributed by atoms with Crippen molar-refractivity contribution < 1.29 is 14.3 Å². The molecule has 4 heteroatoms. The number of amides is 2. The lowest BCUT2D eigenvalue weighted by Crippen LogP contribution is -2.51. The van der Waals surface area contributed by atoms with Crippen molar-refractivity contribution in [2.45, 2.75) is 65.0 Å². The summed E-state index contributed by atoms with van der Waals surface area (Å²) in [6.07, 6.45) is 3.69. The van der Waals surface area contributed by atoms with Gasteiger partial charge in [-0.25, -0.2) is 9.69 Å². The number of carbonyl (C=O) groups is 2. The Hall–Kier alpha value is -1.32. The van der Waals surface area contributed by atoms with Gasteiger partial charge in [0.2, 0.25) is 5.91 Å². The van der Waals surface area contributed by atoms with Crippen molar-refractivity contribution in [1.82, 2.24) is 4.90 Å². The fourth-order valence-corrected chi connectivity index (χ4v) is 4.59. The lowest BCUT2D eigenvalue weighted by atomic mass is 9.55. The zero-order valence-corrected chi connectivity index (χ0v) is 13.4. The predicted molar refractivity (Wildman–Crippen MR) is 79.6 cm³/mol. The molecule has 116 valence electrons. The second kappa shape index (κ2) is 4.34. The van der Waals surface area contributed by atoms with E-state index >= 15 is 0 Å². The molecule has 21 heavy (non-hydrogen) atoms. The minimum atomic E-state index is -0.570. The third-order valence-corrected chi connectivity index (χ3v) is 5.39. The van der Waals surface area contributed by atoms with E-state index in [-0.39, 0.29) is 29.2 Å². The number of hydrogen-bond acceptors (Lipinski definition) is 3. The monoisotopic (exact) mass is 291 g/mol. The van der Waals surface area contributed by atoms with Gasteiger partial charge in [0.15, 0.2) is 0 Å². The SMILES string of the molecule is C=C1C2C3CC1(CCCC)C2C(=O)N3C(=O)OC(C)(C)C. The van der Waals surface area contributed by atoms with Gasteiger partial charge in [-0.15, -0.1) is 0 Å². The number of unbranched alkanes of at least 4 members (excludes halogenated alkanes) is 1. The van der Waals surface area contributed by atoms with Crippen molar-refractivity contribution in [2.24, 2.45) is 17.3 Å². The zero-order chi connectivity index (χ0) is 15.6. The summed E-state index contributed by atoms with van der Waals surface area (Å²) >= 11 is 0. The van der Waals surface area contributed by atoms with Crippen LogP contribution in [0.3, 0.4) is 0 Å². The van der Waals surface area contributed by atoms with E-state index in [0.717, 1.165) is 25.7 Å². The summed E-state index contributed by atoms with van der Waals surface area (Å²) in [6.45, 7) is 11.9. The summed E-state index contributed by atoms with van der Waals surface area (Å²) < 4.78 is 5.40. The van der Waals surface area contributed by atoms with Crippen LogP contribution in [0.15, 0.2) is 12.2 Å². The summed E-state index contributed by atoms with van der Waals surface area (Å²) in [5.74, 6) is 0.130. The summed E-state index contributed by atoms with van der Waals surface area (Å²) in [5.41, 5.74) is 0.616. The van der Waals surface area contributed by atoms with E-state index in [9.17, 15) is 9.59 Å². The van der Waals surface area contributed by atoms with Gasteiger partial charge in [-0.1, -0.05) is 31.9 Å². The van der Waals surface area contributed by atoms with E-state index in [0.29, 0.717) is 0 Å². The quantitative estimate of drug-likeness (QED) is 0.747. The molecule has 3 saturated carbocycles. The Kier molecular flexibility index (Phi) is 3.02. The number of ether oxygens (including phenoxy) is 1. The van der Waals surface area contributed by atoms with Gasteiger partial charge < -0.3 is 4.74 Å². The van der Waals surface area contributed by atoms with E-state index in [1.54, 1.807) is 0 Å². The highest BCUT2D eigenvalue weighted by molar-refractivity contribution is 6.00. The van der Waals surface area contributed by atoms with Gasteiger partial charge in [-0.2, -0.15) is 0 Å². The Morgan fingerprint density at radius 1 is 1.48 bits per heavy atom. The Balaban J connectivity index is 1.79. The molecule has 4 fully saturated rings. The average molecular weight is 291 g/mol. The Morgan fingerprint density at radius 3 is 2.71 bits per heavy atom. The lowest BCUT2D eigenvalue weighted by molar-refractivity contribution is -0.139. The summed E-state index contributed by atoms with van der Waals surface area (Å²) in [6, 6.07) is -0.0123. The van der Waals surface area contributed by atoms with E-state index in [2.05, 4.69) is 13.5 Å². The maximum atomic E-state index is 12.6. The third-order valence-electron chi connectivity index (χ3n) is 5.39. The smallest absolute Gasteiger partial charge is 0.417 e. The van der Waals surface area contributed by atoms with Crippen LogP contribution in [-0.2, 0) is 9.53 Å². The molecule has 4 aliphatic rings. The number of hydrogen-bond donors (Lipinski definition) is 0. The first-order valence-corrected chi connectivity index (χ1v) is 7.98. The maximum absolute atomic E-state index is 12.6. The second-order valence-electron chi connectivity index (χ2n) is 7.75. The normalized spacial score (nSPS) is 37.0. The molecule has 1 heterocycles. The molecule has 0 radical (unpaired) electrons. The Labute approximate surface area is 126 Å². The van der Waals surface area contributed by atoms with Crippen LogP contribution in [0.5, 0.6) is 0 Å². The molecule has 2 amide bonds. The van der Waals surface area contributed by atoms with Gasteiger partial charge in [-0.05, 0) is 33.6 Å². The van der Waals surface area contributed by atoms with Crippen molar-refractivity contribution in [3.8, 4) is 0 Å². The van der Waals surface area contributed by atoms with Crippen LogP contribution in [0.2, 0.25) is 0 Å². The molecule has 1 aliphatic heterocycles. The fraction of sp³-hybridized carbons (Fsp3) is 0.765. The fourth-order valence-electron chi connectivity index (χ4n) is 4.59. The molecule has 4 nitrogen and oxygen atoms in total. The van der Waals surface area contributed by atoms with E-state index in [1.165, 1.54) is 10.5 Å². The number of carbonyl (C=O) groups excluding carboxylic acids is 2. The van der Waals surface area contributed by atoms with Crippen molar-refractivity contribution in [3.05, 3.63) is 12.2 Å². The highest BCUT2D eigenvalue weighted by atomic mass is 16.6. The van der Waals surface area contributed by atoms with Crippen LogP contribution in [0, 0.1) is 17.3 Å². The largest absolute Gasteiger partial charge is 0.443 e. The second-order valence-corrected chi connectivity index (χ2v) is 7.75. The van der Waals surface area contributed by atoms with Crippen LogP contribution in [0.1, 0.15) is 53.4 Å². The topological polar surface area (TPSA) is 46.6 Å². The first-order valence-electron chi connectivity index (χ1n) is 7.98. The zero-order valence-electron chi connectivity index (χ0n) is 13.4. The molecular weight excluding hydrogens is 266 g/mol. The van der Waals surface area contributed by atoms with Crippen molar-refractivity contribution in [3.63, 3.8) is 0 Å². The number of likely N-dealkylation sites (tertiary alicyclic amines) is 1. The predicted octanol–water partition coefficient (Wildman–Crippen LogP) is 3.51. The molecule has 1 saturated heterocycles. The van der Waals surface area contributed by atoms with Gasteiger partial charge in [-0.3, -0.25) is 4.79 Å². The Morgan fingerprint density at radius 2 is 2.14 bits per heavy atom. The highest BCUT2D eigenvalue weighted by Gasteiger charge is 2.76. The van der Waals surface area contributed by atoms with Crippen LogP contribution in [0.4, 0.5) is 4.79 Å². The molecule has 3 aliphatic carbocycles. The minimum absolute atomic E-state index is 0.0123. The molecule has 0 aromatic carbocycles. The number of piperidine rings is 1. The van der Waals surface area contributed by atoms with Gasteiger partial charge in [0, 0.05) is 11.3 Å². The van der Waals surface area contributed by atoms with Crippen molar-refractivity contribution in [2.75, 3.05) is 0 Å². The van der Waals surface area contributed by atoms with Crippen molar-refractivity contribution >= 4 is 12.0 Å². The average Bonchev–Trinajstić information content (AvgIpc) is 2.92. The first-order chi connectivity index (χ1) is 9.73. The van der Waals surface area contributed by atoms with Gasteiger partial charge in [0.25, 0.3) is 0 Å². The molecule has 4 unspecified atom stereocenters. The summed E-state index contributed by atoms with van der Waals surface area (Å²) in [5, 5.41) is 0. The van der Waals surface area contributed by atoms with E-state index < -0.39 is 11.7 Å². The Bertz CT molecular complexity index is 519. The van der Waals surface area contributed by atoms with Gasteiger partial charge >= 0.3 is 6.09 Å². The molecule has 0 N–H and O–H groups in total. The summed E-state index contributed by atoms with van der Waals surface area (Å²) in [7, 11) is 0. The standard InChI is InChI=1S/C17H25NO3/c1-6-7-8-17-9-11-12(10(17)2)13(17)14(19)18(11)15(20)21-16(3,4)5/h11-13H,2,6-9H2,1,3-5H3. The van der Waals surface area contributed by atoms with Crippen LogP contribution >= 0.6 is 0 Å². The van der Waals surface area contributed by atoms with Crippen LogP contribution in [0.25, 0.3) is 0 Å². The summed E-state index contributed by atoms with van der Waals surface area (Å²) in [4.78, 5) is 26.3. The lowest BCUT2D eigenvalue weighted by Gasteiger charge is -2.47. The molecule has 4 rings (SSSR count). The van der Waals surface area contributed by atoms with E-state index in [4.69, 9.17) is 4.74 Å². The molecule has 0 aromatic rings. The first kappa shape index (κ1) is 14.6.